The van der Waals surface area contributed by atoms with Crippen LogP contribution in [0.25, 0.3) is 0 Å². The lowest BCUT2D eigenvalue weighted by molar-refractivity contribution is 0.279. The molecule has 0 atom stereocenters. The van der Waals surface area contributed by atoms with E-state index in [2.05, 4.69) is 12.1 Å². The minimum absolute atomic E-state index is 0.0921. The zero-order valence-electron chi connectivity index (χ0n) is 22.0. The first-order chi connectivity index (χ1) is 17.9. The van der Waals surface area contributed by atoms with Crippen LogP contribution in [0.3, 0.4) is 0 Å². The first-order valence-corrected chi connectivity index (χ1v) is 12.0. The van der Waals surface area contributed by atoms with E-state index in [1.54, 1.807) is 50.6 Å². The van der Waals surface area contributed by atoms with Crippen molar-refractivity contribution in [3.05, 3.63) is 82.4 Å². The molecule has 0 fully saturated rings. The van der Waals surface area contributed by atoms with Crippen LogP contribution in [0.5, 0.6) is 23.0 Å². The average Bonchev–Trinajstić information content (AvgIpc) is 2.90. The van der Waals surface area contributed by atoms with Crippen LogP contribution in [-0.2, 0) is 22.7 Å². The maximum absolute atomic E-state index is 7.98. The number of hydrogen-bond acceptors (Lipinski definition) is 8. The van der Waals surface area contributed by atoms with E-state index in [0.717, 1.165) is 16.7 Å². The van der Waals surface area contributed by atoms with Gasteiger partial charge < -0.3 is 28.4 Å². The fourth-order valence-corrected chi connectivity index (χ4v) is 3.75. The summed E-state index contributed by atoms with van der Waals surface area (Å²) in [7, 11) is 3.14. The van der Waals surface area contributed by atoms with Crippen LogP contribution < -0.4 is 18.9 Å². The number of rotatable bonds is 12. The molecule has 3 aromatic carbocycles. The van der Waals surface area contributed by atoms with Crippen molar-refractivity contribution in [1.82, 2.24) is 0 Å². The number of nitrogens with one attached hydrogen (secondary N) is 2. The lowest BCUT2D eigenvalue weighted by atomic mass is 10.1. The van der Waals surface area contributed by atoms with Crippen LogP contribution in [0.15, 0.2) is 54.6 Å². The van der Waals surface area contributed by atoms with E-state index < -0.39 is 0 Å². The quantitative estimate of drug-likeness (QED) is 0.234. The molecule has 196 valence electrons. The number of methoxy groups -OCH3 is 2. The minimum Gasteiger partial charge on any atom is -0.493 e. The third-order valence-corrected chi connectivity index (χ3v) is 5.41. The van der Waals surface area contributed by atoms with Crippen LogP contribution in [0.1, 0.15) is 41.7 Å². The topological polar surface area (TPSA) is 103 Å². The van der Waals surface area contributed by atoms with Crippen LogP contribution in [0, 0.1) is 17.7 Å². The van der Waals surface area contributed by atoms with Crippen LogP contribution in [-0.4, -0.2) is 39.2 Å². The SMILES string of the molecule is CCOC(=N)c1ccc(OCc2cc(C)cc(COc3ccc(C(=N)OCC)cc3OC)c2)c(OC)c1. The number of hydrogen-bond donors (Lipinski definition) is 2. The summed E-state index contributed by atoms with van der Waals surface area (Å²) >= 11 is 0. The maximum atomic E-state index is 7.98. The largest absolute Gasteiger partial charge is 0.493 e. The first-order valence-electron chi connectivity index (χ1n) is 12.0. The van der Waals surface area contributed by atoms with Crippen LogP contribution >= 0.6 is 0 Å². The van der Waals surface area contributed by atoms with Crippen molar-refractivity contribution in [2.75, 3.05) is 27.4 Å². The zero-order chi connectivity index (χ0) is 26.8. The molecule has 3 rings (SSSR count). The van der Waals surface area contributed by atoms with Gasteiger partial charge in [0.2, 0.25) is 11.8 Å². The van der Waals surface area contributed by atoms with Crippen molar-refractivity contribution in [3.8, 4) is 23.0 Å². The molecule has 0 radical (unpaired) electrons. The van der Waals surface area contributed by atoms with E-state index in [0.29, 0.717) is 60.6 Å². The lowest BCUT2D eigenvalue weighted by Gasteiger charge is -2.15. The molecule has 0 amide bonds. The van der Waals surface area contributed by atoms with Crippen molar-refractivity contribution < 1.29 is 28.4 Å². The molecular weight excluding hydrogens is 472 g/mol. The summed E-state index contributed by atoms with van der Waals surface area (Å²) in [5.41, 5.74) is 4.30. The Kier molecular flexibility index (Phi) is 9.77. The highest BCUT2D eigenvalue weighted by atomic mass is 16.5. The average molecular weight is 507 g/mol. The summed E-state index contributed by atoms with van der Waals surface area (Å²) in [5.74, 6) is 2.41. The summed E-state index contributed by atoms with van der Waals surface area (Å²) in [4.78, 5) is 0. The standard InChI is InChI=1S/C29H34N2O6/c1-6-34-28(30)22-8-10-24(26(15-22)32-4)36-17-20-12-19(3)13-21(14-20)18-37-25-11-9-23(16-27(25)33-5)29(31)35-7-2/h8-16,30-31H,6-7,17-18H2,1-5H3. The molecule has 0 saturated carbocycles. The molecule has 8 heteroatoms. The highest BCUT2D eigenvalue weighted by Crippen LogP contribution is 2.31. The van der Waals surface area contributed by atoms with Gasteiger partial charge in [-0.05, 0) is 74.4 Å². The van der Waals surface area contributed by atoms with Gasteiger partial charge in [0.05, 0.1) is 27.4 Å². The highest BCUT2D eigenvalue weighted by Gasteiger charge is 2.12. The fraction of sp³-hybridized carbons (Fsp3) is 0.310. The number of aryl methyl sites for hydroxylation is 1. The first kappa shape index (κ1) is 27.4. The molecule has 2 N–H and O–H groups in total. The van der Waals surface area contributed by atoms with E-state index >= 15 is 0 Å². The summed E-state index contributed by atoms with van der Waals surface area (Å²) in [6.45, 7) is 7.23. The molecule has 0 aliphatic carbocycles. The monoisotopic (exact) mass is 506 g/mol. The predicted octanol–water partition coefficient (Wildman–Crippen LogP) is 5.89. The van der Waals surface area contributed by atoms with Crippen molar-refractivity contribution in [2.45, 2.75) is 34.0 Å². The summed E-state index contributed by atoms with van der Waals surface area (Å²) in [6, 6.07) is 16.7. The number of benzene rings is 3. The van der Waals surface area contributed by atoms with Crippen molar-refractivity contribution in [3.63, 3.8) is 0 Å². The van der Waals surface area contributed by atoms with Gasteiger partial charge in [0.25, 0.3) is 0 Å². The smallest absolute Gasteiger partial charge is 0.213 e. The Bertz CT molecular complexity index is 1150. The molecule has 0 heterocycles. The second-order valence-corrected chi connectivity index (χ2v) is 8.16. The third-order valence-electron chi connectivity index (χ3n) is 5.41. The van der Waals surface area contributed by atoms with Gasteiger partial charge in [-0.15, -0.1) is 0 Å². The Balaban J connectivity index is 1.69. The van der Waals surface area contributed by atoms with Crippen LogP contribution in [0.4, 0.5) is 0 Å². The van der Waals surface area contributed by atoms with E-state index in [4.69, 9.17) is 39.2 Å². The number of ether oxygens (including phenoxy) is 6. The Morgan fingerprint density at radius 2 is 1.05 bits per heavy atom. The van der Waals surface area contributed by atoms with Gasteiger partial charge in [-0.2, -0.15) is 0 Å². The third kappa shape index (κ3) is 7.39. The lowest BCUT2D eigenvalue weighted by Crippen LogP contribution is -2.06. The Labute approximate surface area is 218 Å². The molecule has 0 saturated heterocycles. The van der Waals surface area contributed by atoms with Gasteiger partial charge in [0.15, 0.2) is 23.0 Å². The van der Waals surface area contributed by atoms with Crippen molar-refractivity contribution in [1.29, 1.82) is 10.8 Å². The summed E-state index contributed by atoms with van der Waals surface area (Å²) < 4.78 is 33.6. The van der Waals surface area contributed by atoms with Gasteiger partial charge in [-0.3, -0.25) is 10.8 Å². The molecule has 0 aliphatic heterocycles. The fourth-order valence-electron chi connectivity index (χ4n) is 3.75. The molecular formula is C29H34N2O6. The highest BCUT2D eigenvalue weighted by molar-refractivity contribution is 5.92. The summed E-state index contributed by atoms with van der Waals surface area (Å²) in [6.07, 6.45) is 0. The molecule has 0 unspecified atom stereocenters. The zero-order valence-corrected chi connectivity index (χ0v) is 22.0. The second kappa shape index (κ2) is 13.2. The molecule has 0 bridgehead atoms. The Morgan fingerprint density at radius 1 is 0.622 bits per heavy atom. The van der Waals surface area contributed by atoms with E-state index in [9.17, 15) is 0 Å². The van der Waals surface area contributed by atoms with Crippen LogP contribution in [0.2, 0.25) is 0 Å². The molecule has 0 spiro atoms. The van der Waals surface area contributed by atoms with Crippen molar-refractivity contribution in [2.24, 2.45) is 0 Å². The molecule has 8 nitrogen and oxygen atoms in total. The van der Waals surface area contributed by atoms with Gasteiger partial charge in [0.1, 0.15) is 13.2 Å². The Hall–Kier alpha value is -4.20. The maximum Gasteiger partial charge on any atom is 0.213 e. The van der Waals surface area contributed by atoms with Gasteiger partial charge >= 0.3 is 0 Å². The van der Waals surface area contributed by atoms with E-state index in [1.165, 1.54) is 0 Å². The second-order valence-electron chi connectivity index (χ2n) is 8.16. The molecule has 0 aliphatic rings. The van der Waals surface area contributed by atoms with E-state index in [1.807, 2.05) is 26.8 Å². The van der Waals surface area contributed by atoms with Gasteiger partial charge in [-0.25, -0.2) is 0 Å². The molecule has 3 aromatic rings. The predicted molar refractivity (Wildman–Crippen MR) is 143 cm³/mol. The van der Waals surface area contributed by atoms with Crippen molar-refractivity contribution >= 4 is 11.8 Å². The minimum atomic E-state index is 0.0921. The molecule has 0 aromatic heterocycles. The summed E-state index contributed by atoms with van der Waals surface area (Å²) in [5, 5.41) is 16.0. The Morgan fingerprint density at radius 3 is 1.43 bits per heavy atom. The van der Waals surface area contributed by atoms with Gasteiger partial charge in [0, 0.05) is 11.1 Å². The van der Waals surface area contributed by atoms with E-state index in [-0.39, 0.29) is 11.8 Å². The van der Waals surface area contributed by atoms with Gasteiger partial charge in [-0.1, -0.05) is 17.7 Å². The normalized spacial score (nSPS) is 10.4. The molecule has 37 heavy (non-hydrogen) atoms.